The summed E-state index contributed by atoms with van der Waals surface area (Å²) in [6, 6.07) is 4.27. The first-order valence-corrected chi connectivity index (χ1v) is 11.4. The van der Waals surface area contributed by atoms with Gasteiger partial charge in [0.2, 0.25) is 0 Å². The van der Waals surface area contributed by atoms with Gasteiger partial charge >= 0.3 is 0 Å². The van der Waals surface area contributed by atoms with E-state index in [0.717, 1.165) is 35.5 Å². The Balaban J connectivity index is 1.34. The molecule has 2 N–H and O–H groups in total. The van der Waals surface area contributed by atoms with Gasteiger partial charge in [-0.15, -0.1) is 0 Å². The van der Waals surface area contributed by atoms with Crippen molar-refractivity contribution in [3.63, 3.8) is 0 Å². The molecule has 0 radical (unpaired) electrons. The second kappa shape index (κ2) is 8.55. The third kappa shape index (κ3) is 3.94. The Morgan fingerprint density at radius 3 is 2.88 bits per heavy atom. The van der Waals surface area contributed by atoms with Crippen LogP contribution in [0.3, 0.4) is 0 Å². The zero-order valence-electron chi connectivity index (χ0n) is 18.4. The monoisotopic (exact) mass is 473 g/mol. The highest BCUT2D eigenvalue weighted by Crippen LogP contribution is 2.33. The minimum Gasteiger partial charge on any atom is -0.489 e. The van der Waals surface area contributed by atoms with E-state index in [0.29, 0.717) is 35.9 Å². The Bertz CT molecular complexity index is 1240. The van der Waals surface area contributed by atoms with E-state index in [1.165, 1.54) is 18.2 Å². The molecule has 0 spiro atoms. The zero-order valence-corrected chi connectivity index (χ0v) is 19.2. The van der Waals surface area contributed by atoms with Crippen LogP contribution in [0.1, 0.15) is 45.8 Å². The summed E-state index contributed by atoms with van der Waals surface area (Å²) in [7, 11) is 0. The van der Waals surface area contributed by atoms with Crippen molar-refractivity contribution in [2.45, 2.75) is 51.9 Å². The SMILES string of the molecule is Cc1nc2c3c(nn2c(C)c1Cl)CN(C(=O)c1ccc(F)cc1O[C@H]1C[C@H](NCCO)C1)C3. The lowest BCUT2D eigenvalue weighted by molar-refractivity contribution is 0.0695. The van der Waals surface area contributed by atoms with Gasteiger partial charge in [-0.2, -0.15) is 5.10 Å². The van der Waals surface area contributed by atoms with Crippen LogP contribution in [0.5, 0.6) is 5.75 Å². The Morgan fingerprint density at radius 2 is 2.12 bits per heavy atom. The number of carbonyl (C=O) groups is 1. The second-order valence-corrected chi connectivity index (χ2v) is 9.02. The number of carbonyl (C=O) groups excluding carboxylic acids is 1. The Kier molecular flexibility index (Phi) is 5.72. The minimum atomic E-state index is -0.453. The first kappa shape index (κ1) is 22.1. The lowest BCUT2D eigenvalue weighted by atomic mass is 9.89. The van der Waals surface area contributed by atoms with Crippen molar-refractivity contribution in [3.05, 3.63) is 57.2 Å². The van der Waals surface area contributed by atoms with Crippen molar-refractivity contribution in [3.8, 4) is 5.75 Å². The number of benzene rings is 1. The van der Waals surface area contributed by atoms with Crippen LogP contribution in [-0.4, -0.2) is 55.8 Å². The number of aliphatic hydroxyl groups excluding tert-OH is 1. The van der Waals surface area contributed by atoms with Crippen LogP contribution in [0.25, 0.3) is 5.65 Å². The summed E-state index contributed by atoms with van der Waals surface area (Å²) in [5.41, 5.74) is 4.23. The number of hydrogen-bond donors (Lipinski definition) is 2. The topological polar surface area (TPSA) is 92.0 Å². The van der Waals surface area contributed by atoms with Crippen molar-refractivity contribution >= 4 is 23.2 Å². The van der Waals surface area contributed by atoms with E-state index in [2.05, 4.69) is 15.4 Å². The largest absolute Gasteiger partial charge is 0.489 e. The van der Waals surface area contributed by atoms with Crippen molar-refractivity contribution in [1.82, 2.24) is 24.8 Å². The molecule has 33 heavy (non-hydrogen) atoms. The van der Waals surface area contributed by atoms with Crippen LogP contribution in [0, 0.1) is 19.7 Å². The van der Waals surface area contributed by atoms with E-state index < -0.39 is 5.82 Å². The van der Waals surface area contributed by atoms with Crippen LogP contribution in [0.2, 0.25) is 5.02 Å². The molecule has 1 aliphatic carbocycles. The molecule has 1 fully saturated rings. The molecule has 1 aromatic carbocycles. The first-order chi connectivity index (χ1) is 15.9. The minimum absolute atomic E-state index is 0.0788. The quantitative estimate of drug-likeness (QED) is 0.572. The average molecular weight is 474 g/mol. The molecule has 1 amide bonds. The fraction of sp³-hybridized carbons (Fsp3) is 0.435. The van der Waals surface area contributed by atoms with Crippen molar-refractivity contribution in [2.24, 2.45) is 0 Å². The standard InChI is InChI=1S/C23H25ClFN5O3/c1-12-21(24)13(2)30-22(27-12)18-10-29(11-19(18)28-30)23(32)17-4-3-14(25)7-20(17)33-16-8-15(9-16)26-5-6-31/h3-4,7,15-16,26,31H,5-6,8-11H2,1-2H3/t15-,16-. The number of halogens is 2. The van der Waals surface area contributed by atoms with Gasteiger partial charge < -0.3 is 20.1 Å². The highest BCUT2D eigenvalue weighted by molar-refractivity contribution is 6.31. The molecular formula is C23H25ClFN5O3. The lowest BCUT2D eigenvalue weighted by Gasteiger charge is -2.36. The predicted molar refractivity (Wildman–Crippen MR) is 120 cm³/mol. The number of amides is 1. The van der Waals surface area contributed by atoms with Crippen LogP contribution in [0.15, 0.2) is 18.2 Å². The average Bonchev–Trinajstić information content (AvgIpc) is 3.32. The highest BCUT2D eigenvalue weighted by Gasteiger charge is 2.34. The Hall–Kier alpha value is -2.75. The molecule has 3 heterocycles. The number of ether oxygens (including phenoxy) is 1. The van der Waals surface area contributed by atoms with Gasteiger partial charge in [0.25, 0.3) is 5.91 Å². The van der Waals surface area contributed by atoms with Gasteiger partial charge in [0.15, 0.2) is 5.65 Å². The number of nitrogens with one attached hydrogen (secondary N) is 1. The Labute approximate surface area is 195 Å². The highest BCUT2D eigenvalue weighted by atomic mass is 35.5. The van der Waals surface area contributed by atoms with Gasteiger partial charge in [-0.05, 0) is 38.8 Å². The molecule has 174 valence electrons. The number of aryl methyl sites for hydroxylation is 2. The summed E-state index contributed by atoms with van der Waals surface area (Å²) in [5, 5.41) is 17.3. The summed E-state index contributed by atoms with van der Waals surface area (Å²) in [6.07, 6.45) is 1.38. The molecule has 3 aromatic rings. The van der Waals surface area contributed by atoms with Gasteiger partial charge in [0.05, 0.1) is 47.4 Å². The molecule has 0 atom stereocenters. The van der Waals surface area contributed by atoms with Gasteiger partial charge in [-0.25, -0.2) is 13.9 Å². The maximum Gasteiger partial charge on any atom is 0.258 e. The number of hydrogen-bond acceptors (Lipinski definition) is 6. The molecule has 2 aromatic heterocycles. The van der Waals surface area contributed by atoms with Crippen molar-refractivity contribution in [2.75, 3.05) is 13.2 Å². The number of rotatable bonds is 6. The van der Waals surface area contributed by atoms with Crippen LogP contribution in [0.4, 0.5) is 4.39 Å². The summed E-state index contributed by atoms with van der Waals surface area (Å²) < 4.78 is 21.7. The van der Waals surface area contributed by atoms with Gasteiger partial charge in [-0.3, -0.25) is 4.79 Å². The van der Waals surface area contributed by atoms with E-state index in [1.54, 1.807) is 9.42 Å². The lowest BCUT2D eigenvalue weighted by Crippen LogP contribution is -2.47. The molecule has 0 bridgehead atoms. The maximum absolute atomic E-state index is 14.0. The summed E-state index contributed by atoms with van der Waals surface area (Å²) in [4.78, 5) is 19.6. The van der Waals surface area contributed by atoms with Gasteiger partial charge in [-0.1, -0.05) is 11.6 Å². The maximum atomic E-state index is 14.0. The molecule has 0 unspecified atom stereocenters. The zero-order chi connectivity index (χ0) is 23.3. The van der Waals surface area contributed by atoms with E-state index in [1.807, 2.05) is 13.8 Å². The normalized spacial score (nSPS) is 19.6. The van der Waals surface area contributed by atoms with Gasteiger partial charge in [0.1, 0.15) is 17.7 Å². The Morgan fingerprint density at radius 1 is 1.33 bits per heavy atom. The summed E-state index contributed by atoms with van der Waals surface area (Å²) in [6.45, 7) is 5.04. The van der Waals surface area contributed by atoms with Gasteiger partial charge in [0, 0.05) is 24.2 Å². The fourth-order valence-corrected chi connectivity index (χ4v) is 4.60. The van der Waals surface area contributed by atoms with Crippen LogP contribution >= 0.6 is 11.6 Å². The molecule has 0 saturated heterocycles. The first-order valence-electron chi connectivity index (χ1n) is 11.0. The smallest absolute Gasteiger partial charge is 0.258 e. The molecule has 2 aliphatic rings. The predicted octanol–water partition coefficient (Wildman–Crippen LogP) is 2.79. The van der Waals surface area contributed by atoms with E-state index in [9.17, 15) is 9.18 Å². The summed E-state index contributed by atoms with van der Waals surface area (Å²) in [5.74, 6) is -0.441. The van der Waals surface area contributed by atoms with Crippen LogP contribution in [-0.2, 0) is 13.1 Å². The molecule has 8 nitrogen and oxygen atoms in total. The molecule has 1 aliphatic heterocycles. The van der Waals surface area contributed by atoms with E-state index in [-0.39, 0.29) is 30.4 Å². The molecular weight excluding hydrogens is 449 g/mol. The number of nitrogens with zero attached hydrogens (tertiary/aromatic N) is 4. The molecule has 10 heteroatoms. The third-order valence-corrected chi connectivity index (χ3v) is 6.90. The van der Waals surface area contributed by atoms with Crippen molar-refractivity contribution in [1.29, 1.82) is 0 Å². The summed E-state index contributed by atoms with van der Waals surface area (Å²) >= 11 is 6.31. The van der Waals surface area contributed by atoms with E-state index in [4.69, 9.17) is 21.4 Å². The van der Waals surface area contributed by atoms with Crippen molar-refractivity contribution < 1.29 is 19.0 Å². The van der Waals surface area contributed by atoms with E-state index >= 15 is 0 Å². The second-order valence-electron chi connectivity index (χ2n) is 8.64. The number of aliphatic hydroxyl groups is 1. The number of fused-ring (bicyclic) bond motifs is 3. The molecule has 1 saturated carbocycles. The third-order valence-electron chi connectivity index (χ3n) is 6.35. The molecule has 5 rings (SSSR count). The van der Waals surface area contributed by atoms with Crippen LogP contribution < -0.4 is 10.1 Å². The number of aromatic nitrogens is 3. The fourth-order valence-electron chi connectivity index (χ4n) is 4.47.